The lowest BCUT2D eigenvalue weighted by atomic mass is 10.3. The number of anilines is 2. The van der Waals surface area contributed by atoms with Crippen LogP contribution in [0.15, 0.2) is 36.5 Å². The third-order valence-corrected chi connectivity index (χ3v) is 2.51. The molecule has 2 aromatic rings. The van der Waals surface area contributed by atoms with Crippen molar-refractivity contribution in [1.82, 2.24) is 15.4 Å². The minimum Gasteiger partial charge on any atom is -0.274 e. The normalized spacial score (nSPS) is 14.0. The highest BCUT2D eigenvalue weighted by atomic mass is 16.2. The molecule has 1 aliphatic rings. The van der Waals surface area contributed by atoms with Crippen LogP contribution in [0.25, 0.3) is 0 Å². The molecule has 0 radical (unpaired) electrons. The van der Waals surface area contributed by atoms with Gasteiger partial charge in [0.1, 0.15) is 0 Å². The lowest BCUT2D eigenvalue weighted by molar-refractivity contribution is -0.116. The van der Waals surface area contributed by atoms with Gasteiger partial charge in [0.05, 0.1) is 18.3 Å². The van der Waals surface area contributed by atoms with Gasteiger partial charge in [-0.3, -0.25) is 9.69 Å². The van der Waals surface area contributed by atoms with Crippen LogP contribution in [0.5, 0.6) is 0 Å². The summed E-state index contributed by atoms with van der Waals surface area (Å²) < 4.78 is 0. The molecule has 3 rings (SSSR count). The summed E-state index contributed by atoms with van der Waals surface area (Å²) in [7, 11) is 0. The lowest BCUT2D eigenvalue weighted by Gasteiger charge is -2.14. The van der Waals surface area contributed by atoms with Crippen LogP contribution < -0.4 is 4.90 Å². The Hall–Kier alpha value is -2.30. The summed E-state index contributed by atoms with van der Waals surface area (Å²) in [6.45, 7) is 0. The quantitative estimate of drug-likeness (QED) is 0.710. The number of amides is 1. The molecule has 0 spiro atoms. The summed E-state index contributed by atoms with van der Waals surface area (Å²) in [5.74, 6) is 0.592. The minimum atomic E-state index is 0.00324. The van der Waals surface area contributed by atoms with Crippen molar-refractivity contribution in [1.29, 1.82) is 0 Å². The molecule has 0 saturated carbocycles. The van der Waals surface area contributed by atoms with E-state index in [1.807, 2.05) is 30.3 Å². The number of hydrogen-bond acceptors (Lipinski definition) is 4. The van der Waals surface area contributed by atoms with Crippen molar-refractivity contribution in [2.75, 3.05) is 4.90 Å². The van der Waals surface area contributed by atoms with Crippen molar-refractivity contribution in [2.24, 2.45) is 0 Å². The predicted molar refractivity (Wildman–Crippen MR) is 57.1 cm³/mol. The van der Waals surface area contributed by atoms with E-state index in [4.69, 9.17) is 0 Å². The second-order valence-electron chi connectivity index (χ2n) is 3.52. The fourth-order valence-corrected chi connectivity index (χ4v) is 1.80. The van der Waals surface area contributed by atoms with Gasteiger partial charge in [-0.05, 0) is 17.3 Å². The van der Waals surface area contributed by atoms with Crippen LogP contribution in [0.1, 0.15) is 5.56 Å². The van der Waals surface area contributed by atoms with E-state index in [-0.39, 0.29) is 5.91 Å². The molecule has 78 valence electrons. The van der Waals surface area contributed by atoms with Crippen molar-refractivity contribution in [3.63, 3.8) is 0 Å². The first-order chi connectivity index (χ1) is 7.86. The maximum atomic E-state index is 11.9. The van der Waals surface area contributed by atoms with Gasteiger partial charge >= 0.3 is 0 Å². The molecule has 1 aliphatic heterocycles. The molecule has 0 bridgehead atoms. The van der Waals surface area contributed by atoms with Crippen LogP contribution in [0.4, 0.5) is 11.5 Å². The fourth-order valence-electron chi connectivity index (χ4n) is 1.80. The zero-order valence-corrected chi connectivity index (χ0v) is 8.37. The Bertz CT molecular complexity index is 541. The lowest BCUT2D eigenvalue weighted by Crippen LogP contribution is -2.21. The molecule has 1 amide bonds. The van der Waals surface area contributed by atoms with Crippen LogP contribution >= 0.6 is 0 Å². The van der Waals surface area contributed by atoms with E-state index in [1.54, 1.807) is 11.1 Å². The van der Waals surface area contributed by atoms with Crippen molar-refractivity contribution in [3.05, 3.63) is 42.1 Å². The first kappa shape index (κ1) is 8.96. The SMILES string of the molecule is O=C1Cc2cnnnc2N1c1ccccc1. The molecule has 0 saturated heterocycles. The van der Waals surface area contributed by atoms with Crippen LogP contribution in [-0.4, -0.2) is 21.3 Å². The molecule has 0 fully saturated rings. The maximum absolute atomic E-state index is 11.9. The second-order valence-corrected chi connectivity index (χ2v) is 3.52. The third kappa shape index (κ3) is 1.25. The van der Waals surface area contributed by atoms with E-state index in [9.17, 15) is 4.79 Å². The van der Waals surface area contributed by atoms with E-state index in [2.05, 4.69) is 15.4 Å². The van der Waals surface area contributed by atoms with Crippen molar-refractivity contribution in [2.45, 2.75) is 6.42 Å². The Kier molecular flexibility index (Phi) is 1.89. The van der Waals surface area contributed by atoms with Crippen LogP contribution in [0, 0.1) is 0 Å². The molecule has 1 aromatic heterocycles. The molecule has 5 nitrogen and oxygen atoms in total. The van der Waals surface area contributed by atoms with E-state index >= 15 is 0 Å². The third-order valence-electron chi connectivity index (χ3n) is 2.51. The van der Waals surface area contributed by atoms with E-state index in [0.717, 1.165) is 11.3 Å². The molecule has 16 heavy (non-hydrogen) atoms. The molecule has 0 N–H and O–H groups in total. The Morgan fingerprint density at radius 3 is 2.81 bits per heavy atom. The van der Waals surface area contributed by atoms with Gasteiger partial charge in [-0.2, -0.15) is 0 Å². The van der Waals surface area contributed by atoms with Crippen LogP contribution in [-0.2, 0) is 11.2 Å². The van der Waals surface area contributed by atoms with Gasteiger partial charge < -0.3 is 0 Å². The van der Waals surface area contributed by atoms with Gasteiger partial charge in [-0.25, -0.2) is 0 Å². The molecular formula is C11H8N4O. The highest BCUT2D eigenvalue weighted by molar-refractivity contribution is 6.05. The van der Waals surface area contributed by atoms with Gasteiger partial charge in [-0.15, -0.1) is 10.2 Å². The number of carbonyl (C=O) groups is 1. The minimum absolute atomic E-state index is 0.00324. The second kappa shape index (κ2) is 3.37. The van der Waals surface area contributed by atoms with E-state index in [0.29, 0.717) is 12.2 Å². The van der Waals surface area contributed by atoms with Gasteiger partial charge in [0.25, 0.3) is 0 Å². The van der Waals surface area contributed by atoms with Crippen molar-refractivity contribution in [3.8, 4) is 0 Å². The average Bonchev–Trinajstić information content (AvgIpc) is 2.66. The maximum Gasteiger partial charge on any atom is 0.237 e. The summed E-state index contributed by atoms with van der Waals surface area (Å²) in [5, 5.41) is 11.2. The number of carbonyl (C=O) groups excluding carboxylic acids is 1. The summed E-state index contributed by atoms with van der Waals surface area (Å²) in [5.41, 5.74) is 1.63. The summed E-state index contributed by atoms with van der Waals surface area (Å²) in [6.07, 6.45) is 1.93. The van der Waals surface area contributed by atoms with Crippen molar-refractivity contribution >= 4 is 17.4 Å². The number of rotatable bonds is 1. The van der Waals surface area contributed by atoms with Crippen molar-refractivity contribution < 1.29 is 4.79 Å². The van der Waals surface area contributed by atoms with Gasteiger partial charge in [0, 0.05) is 5.56 Å². The Labute approximate surface area is 91.7 Å². The fraction of sp³-hybridized carbons (Fsp3) is 0.0909. The Balaban J connectivity index is 2.13. The molecule has 0 atom stereocenters. The number of benzene rings is 1. The largest absolute Gasteiger partial charge is 0.274 e. The van der Waals surface area contributed by atoms with Gasteiger partial charge in [0.2, 0.25) is 5.91 Å². The summed E-state index contributed by atoms with van der Waals surface area (Å²) in [6, 6.07) is 9.41. The molecule has 2 heterocycles. The number of fused-ring (bicyclic) bond motifs is 1. The van der Waals surface area contributed by atoms with Crippen LogP contribution in [0.3, 0.4) is 0 Å². The molecule has 1 aromatic carbocycles. The van der Waals surface area contributed by atoms with Crippen LogP contribution in [0.2, 0.25) is 0 Å². The molecule has 5 heteroatoms. The Morgan fingerprint density at radius 2 is 2.00 bits per heavy atom. The number of hydrogen-bond donors (Lipinski definition) is 0. The first-order valence-corrected chi connectivity index (χ1v) is 4.91. The van der Waals surface area contributed by atoms with Gasteiger partial charge in [-0.1, -0.05) is 18.2 Å². The first-order valence-electron chi connectivity index (χ1n) is 4.91. The van der Waals surface area contributed by atoms with E-state index < -0.39 is 0 Å². The number of nitrogens with zero attached hydrogens (tertiary/aromatic N) is 4. The Morgan fingerprint density at radius 1 is 1.19 bits per heavy atom. The molecule has 0 aliphatic carbocycles. The summed E-state index contributed by atoms with van der Waals surface area (Å²) in [4.78, 5) is 13.4. The highest BCUT2D eigenvalue weighted by Gasteiger charge is 2.30. The smallest absolute Gasteiger partial charge is 0.237 e. The topological polar surface area (TPSA) is 59.0 Å². The average molecular weight is 212 g/mol. The summed E-state index contributed by atoms with van der Waals surface area (Å²) >= 11 is 0. The molecular weight excluding hydrogens is 204 g/mol. The highest BCUT2D eigenvalue weighted by Crippen LogP contribution is 2.31. The van der Waals surface area contributed by atoms with E-state index in [1.165, 1.54) is 0 Å². The zero-order chi connectivity index (χ0) is 11.0. The zero-order valence-electron chi connectivity index (χ0n) is 8.37. The molecule has 0 unspecified atom stereocenters. The monoisotopic (exact) mass is 212 g/mol. The van der Waals surface area contributed by atoms with Gasteiger partial charge in [0.15, 0.2) is 5.82 Å². The standard InChI is InChI=1S/C11H8N4O/c16-10-6-8-7-12-14-13-11(8)15(10)9-4-2-1-3-5-9/h1-5,7H,6H2. The predicted octanol–water partition coefficient (Wildman–Crippen LogP) is 1.09. The number of aromatic nitrogens is 3. The number of para-hydroxylation sites is 1.